The molecule has 31 heavy (non-hydrogen) atoms. The number of aryl methyl sites for hydroxylation is 1. The Labute approximate surface area is 181 Å². The van der Waals surface area contributed by atoms with Gasteiger partial charge in [0.05, 0.1) is 12.5 Å². The fourth-order valence-corrected chi connectivity index (χ4v) is 3.36. The lowest BCUT2D eigenvalue weighted by atomic mass is 10.0. The summed E-state index contributed by atoms with van der Waals surface area (Å²) >= 11 is 0. The first kappa shape index (κ1) is 22.0. The van der Waals surface area contributed by atoms with Crippen molar-refractivity contribution >= 4 is 17.7 Å². The zero-order valence-corrected chi connectivity index (χ0v) is 17.9. The van der Waals surface area contributed by atoms with Gasteiger partial charge >= 0.3 is 5.97 Å². The van der Waals surface area contributed by atoms with Crippen LogP contribution in [0.25, 0.3) is 0 Å². The summed E-state index contributed by atoms with van der Waals surface area (Å²) in [5.74, 6) is -1.09. The van der Waals surface area contributed by atoms with Crippen LogP contribution in [-0.2, 0) is 16.6 Å². The van der Waals surface area contributed by atoms with Crippen molar-refractivity contribution in [3.63, 3.8) is 0 Å². The Morgan fingerprint density at radius 1 is 0.968 bits per heavy atom. The van der Waals surface area contributed by atoms with E-state index < -0.39 is 12.0 Å². The Bertz CT molecular complexity index is 1070. The number of nitrogens with one attached hydrogen (secondary N) is 1. The molecule has 6 nitrogen and oxygen atoms in total. The molecule has 2 aromatic carbocycles. The quantitative estimate of drug-likeness (QED) is 0.444. The number of hydrogen-bond donors (Lipinski definition) is 1. The molecule has 0 aliphatic heterocycles. The summed E-state index contributed by atoms with van der Waals surface area (Å²) in [7, 11) is 1.88. The topological polar surface area (TPSA) is 77.4 Å². The van der Waals surface area contributed by atoms with Crippen LogP contribution in [0.5, 0.6) is 0 Å². The molecule has 0 spiro atoms. The van der Waals surface area contributed by atoms with E-state index in [-0.39, 0.29) is 24.7 Å². The number of benzene rings is 2. The maximum atomic E-state index is 12.6. The SMILES string of the molecule is Cc1cc(C(=O)COC(=O)C[C@H](NC(=O)c2ccccc2)c2ccccc2)c(C)n1C. The van der Waals surface area contributed by atoms with Crippen molar-refractivity contribution in [3.8, 4) is 0 Å². The highest BCUT2D eigenvalue weighted by atomic mass is 16.5. The van der Waals surface area contributed by atoms with Gasteiger partial charge in [0.25, 0.3) is 5.91 Å². The van der Waals surface area contributed by atoms with Crippen LogP contribution >= 0.6 is 0 Å². The zero-order chi connectivity index (χ0) is 22.4. The Kier molecular flexibility index (Phi) is 7.03. The fraction of sp³-hybridized carbons (Fsp3) is 0.240. The minimum absolute atomic E-state index is 0.0807. The monoisotopic (exact) mass is 418 g/mol. The van der Waals surface area contributed by atoms with Crippen molar-refractivity contribution < 1.29 is 19.1 Å². The lowest BCUT2D eigenvalue weighted by Gasteiger charge is -2.18. The number of hydrogen-bond acceptors (Lipinski definition) is 4. The summed E-state index contributed by atoms with van der Waals surface area (Å²) in [4.78, 5) is 37.6. The number of carbonyl (C=O) groups excluding carboxylic acids is 3. The van der Waals surface area contributed by atoms with Gasteiger partial charge in [0, 0.05) is 29.6 Å². The Balaban J connectivity index is 1.66. The zero-order valence-electron chi connectivity index (χ0n) is 17.9. The predicted molar refractivity (Wildman–Crippen MR) is 118 cm³/mol. The molecule has 0 saturated heterocycles. The lowest BCUT2D eigenvalue weighted by molar-refractivity contribution is -0.143. The standard InChI is InChI=1S/C25H26N2O4/c1-17-14-21(18(2)27(17)3)23(28)16-31-24(29)15-22(19-10-6-4-7-11-19)26-25(30)20-12-8-5-9-13-20/h4-14,22H,15-16H2,1-3H3,(H,26,30)/t22-/m0/s1. The smallest absolute Gasteiger partial charge is 0.308 e. The van der Waals surface area contributed by atoms with Gasteiger partial charge in [-0.25, -0.2) is 0 Å². The maximum absolute atomic E-state index is 12.6. The normalized spacial score (nSPS) is 11.6. The number of esters is 1. The van der Waals surface area contributed by atoms with E-state index in [0.29, 0.717) is 11.1 Å². The third-order valence-electron chi connectivity index (χ3n) is 5.35. The van der Waals surface area contributed by atoms with Crippen molar-refractivity contribution in [2.45, 2.75) is 26.3 Å². The molecular weight excluding hydrogens is 392 g/mol. The highest BCUT2D eigenvalue weighted by molar-refractivity contribution is 5.99. The lowest BCUT2D eigenvalue weighted by Crippen LogP contribution is -2.31. The second-order valence-corrected chi connectivity index (χ2v) is 7.43. The molecule has 3 rings (SSSR count). The van der Waals surface area contributed by atoms with Gasteiger partial charge in [-0.2, -0.15) is 0 Å². The number of ketones is 1. The number of Topliss-reactive ketones (excluding diaryl/α,β-unsaturated/α-hetero) is 1. The van der Waals surface area contributed by atoms with Gasteiger partial charge in [0.15, 0.2) is 6.61 Å². The first-order chi connectivity index (χ1) is 14.9. The van der Waals surface area contributed by atoms with E-state index in [0.717, 1.165) is 17.0 Å². The summed E-state index contributed by atoms with van der Waals surface area (Å²) in [6.45, 7) is 3.43. The van der Waals surface area contributed by atoms with E-state index in [1.54, 1.807) is 30.3 Å². The Hall–Kier alpha value is -3.67. The minimum atomic E-state index is -0.572. The van der Waals surface area contributed by atoms with Crippen LogP contribution in [0.15, 0.2) is 66.7 Å². The van der Waals surface area contributed by atoms with E-state index >= 15 is 0 Å². The number of amides is 1. The molecule has 0 radical (unpaired) electrons. The summed E-state index contributed by atoms with van der Waals surface area (Å²) in [6, 6.07) is 19.2. The fourth-order valence-electron chi connectivity index (χ4n) is 3.36. The summed E-state index contributed by atoms with van der Waals surface area (Å²) in [5, 5.41) is 2.89. The first-order valence-electron chi connectivity index (χ1n) is 10.1. The number of ether oxygens (including phenoxy) is 1. The molecule has 160 valence electrons. The van der Waals surface area contributed by atoms with Crippen LogP contribution in [0, 0.1) is 13.8 Å². The number of rotatable bonds is 8. The van der Waals surface area contributed by atoms with Crippen LogP contribution in [0.1, 0.15) is 50.1 Å². The minimum Gasteiger partial charge on any atom is -0.457 e. The van der Waals surface area contributed by atoms with Crippen molar-refractivity contribution in [2.24, 2.45) is 7.05 Å². The Morgan fingerprint density at radius 2 is 1.58 bits per heavy atom. The third-order valence-corrected chi connectivity index (χ3v) is 5.35. The maximum Gasteiger partial charge on any atom is 0.308 e. The molecule has 1 amide bonds. The van der Waals surface area contributed by atoms with Crippen molar-refractivity contribution in [1.82, 2.24) is 9.88 Å². The van der Waals surface area contributed by atoms with Crippen molar-refractivity contribution in [2.75, 3.05) is 6.61 Å². The van der Waals surface area contributed by atoms with Crippen molar-refractivity contribution in [1.29, 1.82) is 0 Å². The van der Waals surface area contributed by atoms with Crippen LogP contribution in [0.4, 0.5) is 0 Å². The second kappa shape index (κ2) is 9.89. The summed E-state index contributed by atoms with van der Waals surface area (Å²) in [5.41, 5.74) is 3.62. The van der Waals surface area contributed by atoms with Crippen LogP contribution < -0.4 is 5.32 Å². The van der Waals surface area contributed by atoms with Crippen LogP contribution in [-0.4, -0.2) is 28.8 Å². The molecule has 0 unspecified atom stereocenters. The van der Waals surface area contributed by atoms with E-state index in [4.69, 9.17) is 4.74 Å². The van der Waals surface area contributed by atoms with Gasteiger partial charge in [-0.3, -0.25) is 14.4 Å². The second-order valence-electron chi connectivity index (χ2n) is 7.43. The largest absolute Gasteiger partial charge is 0.457 e. The molecule has 6 heteroatoms. The van der Waals surface area contributed by atoms with Gasteiger partial charge in [-0.05, 0) is 37.6 Å². The molecule has 0 aliphatic carbocycles. The average molecular weight is 418 g/mol. The number of aromatic nitrogens is 1. The van der Waals surface area contributed by atoms with Crippen LogP contribution in [0.3, 0.4) is 0 Å². The third kappa shape index (κ3) is 5.48. The Morgan fingerprint density at radius 3 is 2.16 bits per heavy atom. The van der Waals surface area contributed by atoms with E-state index in [1.165, 1.54) is 0 Å². The van der Waals surface area contributed by atoms with E-state index in [9.17, 15) is 14.4 Å². The molecular formula is C25H26N2O4. The first-order valence-corrected chi connectivity index (χ1v) is 10.1. The molecule has 0 fully saturated rings. The summed E-state index contributed by atoms with van der Waals surface area (Å²) < 4.78 is 7.17. The predicted octanol–water partition coefficient (Wildman–Crippen LogP) is 3.93. The van der Waals surface area contributed by atoms with Gasteiger partial charge < -0.3 is 14.6 Å². The van der Waals surface area contributed by atoms with E-state index in [1.807, 2.05) is 61.9 Å². The highest BCUT2D eigenvalue weighted by Gasteiger charge is 2.22. The number of nitrogens with zero attached hydrogens (tertiary/aromatic N) is 1. The molecule has 1 aromatic heterocycles. The summed E-state index contributed by atoms with van der Waals surface area (Å²) in [6.07, 6.45) is -0.0807. The van der Waals surface area contributed by atoms with Crippen molar-refractivity contribution in [3.05, 3.63) is 94.8 Å². The number of carbonyl (C=O) groups is 3. The molecule has 0 saturated carbocycles. The van der Waals surface area contributed by atoms with Gasteiger partial charge in [0.1, 0.15) is 0 Å². The highest BCUT2D eigenvalue weighted by Crippen LogP contribution is 2.19. The van der Waals surface area contributed by atoms with Gasteiger partial charge in [-0.15, -0.1) is 0 Å². The molecule has 1 N–H and O–H groups in total. The van der Waals surface area contributed by atoms with E-state index in [2.05, 4.69) is 5.32 Å². The van der Waals surface area contributed by atoms with Crippen LogP contribution in [0.2, 0.25) is 0 Å². The molecule has 0 bridgehead atoms. The molecule has 1 heterocycles. The van der Waals surface area contributed by atoms with Gasteiger partial charge in [-0.1, -0.05) is 48.5 Å². The molecule has 1 atom stereocenters. The van der Waals surface area contributed by atoms with Gasteiger partial charge in [0.2, 0.25) is 5.78 Å². The molecule has 3 aromatic rings. The average Bonchev–Trinajstić information content (AvgIpc) is 3.05. The molecule has 0 aliphatic rings.